The van der Waals surface area contributed by atoms with Crippen LogP contribution in [0.2, 0.25) is 0 Å². The first-order chi connectivity index (χ1) is 12.8. The van der Waals surface area contributed by atoms with E-state index in [9.17, 15) is 0 Å². The molecule has 0 fully saturated rings. The molecule has 0 aromatic heterocycles. The Bertz CT molecular complexity index is 862. The molecule has 4 heteroatoms. The highest BCUT2D eigenvalue weighted by molar-refractivity contribution is 8.77. The van der Waals surface area contributed by atoms with E-state index in [1.165, 1.54) is 4.90 Å². The summed E-state index contributed by atoms with van der Waals surface area (Å²) in [6.07, 6.45) is 0. The van der Waals surface area contributed by atoms with Gasteiger partial charge in [-0.3, -0.25) is 0 Å². The molecule has 0 radical (unpaired) electrons. The molecule has 0 saturated carbocycles. The summed E-state index contributed by atoms with van der Waals surface area (Å²) in [7, 11) is 3.37. The van der Waals surface area contributed by atoms with Crippen molar-refractivity contribution in [1.29, 1.82) is 0 Å². The molecule has 3 aromatic rings. The van der Waals surface area contributed by atoms with Crippen LogP contribution in [0, 0.1) is 0 Å². The second-order valence-corrected chi connectivity index (χ2v) is 7.60. The van der Waals surface area contributed by atoms with Crippen molar-refractivity contribution in [3.05, 3.63) is 102 Å². The molecule has 0 N–H and O–H groups in total. The van der Waals surface area contributed by atoms with Gasteiger partial charge >= 0.3 is 0 Å². The number of benzene rings is 3. The summed E-state index contributed by atoms with van der Waals surface area (Å²) in [6.45, 7) is 2.02. The first kappa shape index (κ1) is 18.4. The Morgan fingerprint density at radius 3 is 2.04 bits per heavy atom. The van der Waals surface area contributed by atoms with Gasteiger partial charge in [0.2, 0.25) is 5.90 Å². The molecule has 0 amide bonds. The third-order valence-electron chi connectivity index (χ3n) is 3.39. The van der Waals surface area contributed by atoms with E-state index in [0.29, 0.717) is 5.90 Å². The van der Waals surface area contributed by atoms with Gasteiger partial charge in [-0.1, -0.05) is 76.2 Å². The summed E-state index contributed by atoms with van der Waals surface area (Å²) in [5, 5.41) is 2.07. The van der Waals surface area contributed by atoms with Crippen molar-refractivity contribution in [3.63, 3.8) is 0 Å². The van der Waals surface area contributed by atoms with Crippen molar-refractivity contribution in [3.8, 4) is 5.75 Å². The van der Waals surface area contributed by atoms with Crippen LogP contribution in [0.5, 0.6) is 5.75 Å². The van der Waals surface area contributed by atoms with Crippen LogP contribution in [0.3, 0.4) is 0 Å². The largest absolute Gasteiger partial charge is 0.439 e. The Balaban J connectivity index is 1.77. The maximum absolute atomic E-state index is 6.04. The van der Waals surface area contributed by atoms with Gasteiger partial charge in [0, 0.05) is 10.5 Å². The summed E-state index contributed by atoms with van der Waals surface area (Å²) in [5.74, 6) is 1.37. The van der Waals surface area contributed by atoms with E-state index >= 15 is 0 Å². The molecule has 0 spiro atoms. The summed E-state index contributed by atoms with van der Waals surface area (Å²) in [5.41, 5.74) is 1.85. The van der Waals surface area contributed by atoms with Crippen LogP contribution in [0.1, 0.15) is 6.92 Å². The smallest absolute Gasteiger partial charge is 0.223 e. The lowest BCUT2D eigenvalue weighted by Crippen LogP contribution is -2.09. The van der Waals surface area contributed by atoms with Crippen molar-refractivity contribution < 1.29 is 4.74 Å². The predicted molar refractivity (Wildman–Crippen MR) is 114 cm³/mol. The van der Waals surface area contributed by atoms with Crippen LogP contribution in [-0.2, 0) is 0 Å². The number of aliphatic imine (C=N–C) groups is 1. The molecule has 0 heterocycles. The molecule has 3 rings (SSSR count). The molecule has 0 aliphatic carbocycles. The lowest BCUT2D eigenvalue weighted by molar-refractivity contribution is 0.551. The normalized spacial score (nSPS) is 12.0. The number of para-hydroxylation sites is 2. The Morgan fingerprint density at radius 1 is 0.808 bits per heavy atom. The highest BCUT2D eigenvalue weighted by Crippen LogP contribution is 2.32. The fourth-order valence-corrected chi connectivity index (χ4v) is 4.01. The van der Waals surface area contributed by atoms with Gasteiger partial charge in [-0.25, -0.2) is 4.99 Å². The van der Waals surface area contributed by atoms with Crippen LogP contribution < -0.4 is 4.74 Å². The average molecular weight is 378 g/mol. The van der Waals surface area contributed by atoms with Gasteiger partial charge in [0.15, 0.2) is 0 Å². The van der Waals surface area contributed by atoms with E-state index < -0.39 is 0 Å². The number of rotatable bonds is 6. The Labute approximate surface area is 162 Å². The Morgan fingerprint density at radius 2 is 1.38 bits per heavy atom. The fraction of sp³-hybridized carbons (Fsp3) is 0.0455. The van der Waals surface area contributed by atoms with Crippen molar-refractivity contribution in [1.82, 2.24) is 0 Å². The van der Waals surface area contributed by atoms with Gasteiger partial charge in [0.05, 0.1) is 5.69 Å². The zero-order valence-corrected chi connectivity index (χ0v) is 16.0. The highest BCUT2D eigenvalue weighted by atomic mass is 33.1. The Kier molecular flexibility index (Phi) is 6.99. The first-order valence-electron chi connectivity index (χ1n) is 8.23. The Hall–Kier alpha value is -2.43. The maximum Gasteiger partial charge on any atom is 0.223 e. The molecule has 26 heavy (non-hydrogen) atoms. The lowest BCUT2D eigenvalue weighted by Gasteiger charge is -2.09. The standard InChI is InChI=1S/C22H19NOS2/c1-18(17-25-26-21-15-9-4-10-16-21)22(23-19-11-5-2-6-12-19)24-20-13-7-3-8-14-20/h2-17H,1H3/b18-17+,23-22?. The van der Waals surface area contributed by atoms with Gasteiger partial charge in [-0.05, 0) is 48.7 Å². The predicted octanol–water partition coefficient (Wildman–Crippen LogP) is 7.14. The van der Waals surface area contributed by atoms with Crippen LogP contribution >= 0.6 is 21.6 Å². The lowest BCUT2D eigenvalue weighted by atomic mass is 10.3. The molecule has 0 saturated heterocycles. The van der Waals surface area contributed by atoms with E-state index in [4.69, 9.17) is 4.74 Å². The number of nitrogens with zero attached hydrogens (tertiary/aromatic N) is 1. The van der Waals surface area contributed by atoms with Crippen LogP contribution in [0.25, 0.3) is 0 Å². The van der Waals surface area contributed by atoms with E-state index in [1.54, 1.807) is 21.6 Å². The van der Waals surface area contributed by atoms with Crippen molar-refractivity contribution in [2.24, 2.45) is 4.99 Å². The molecule has 2 nitrogen and oxygen atoms in total. The second-order valence-electron chi connectivity index (χ2n) is 5.46. The van der Waals surface area contributed by atoms with Gasteiger partial charge in [0.1, 0.15) is 5.75 Å². The van der Waals surface area contributed by atoms with Gasteiger partial charge in [-0.2, -0.15) is 0 Å². The minimum atomic E-state index is 0.601. The fourth-order valence-electron chi connectivity index (χ4n) is 2.09. The van der Waals surface area contributed by atoms with E-state index in [0.717, 1.165) is 17.0 Å². The zero-order chi connectivity index (χ0) is 18.0. The molecular formula is C22H19NOS2. The van der Waals surface area contributed by atoms with E-state index in [-0.39, 0.29) is 0 Å². The number of ether oxygens (including phenoxy) is 1. The molecule has 0 aliphatic rings. The number of hydrogen-bond donors (Lipinski definition) is 0. The van der Waals surface area contributed by atoms with Crippen LogP contribution in [0.15, 0.2) is 112 Å². The average Bonchev–Trinajstić information content (AvgIpc) is 2.70. The van der Waals surface area contributed by atoms with Gasteiger partial charge in [0.25, 0.3) is 0 Å². The number of hydrogen-bond acceptors (Lipinski definition) is 4. The van der Waals surface area contributed by atoms with Crippen LogP contribution in [-0.4, -0.2) is 5.90 Å². The van der Waals surface area contributed by atoms with Gasteiger partial charge < -0.3 is 4.74 Å². The molecule has 3 aromatic carbocycles. The highest BCUT2D eigenvalue weighted by Gasteiger charge is 2.07. The topological polar surface area (TPSA) is 21.6 Å². The van der Waals surface area contributed by atoms with Crippen molar-refractivity contribution in [2.75, 3.05) is 0 Å². The van der Waals surface area contributed by atoms with Crippen LogP contribution in [0.4, 0.5) is 5.69 Å². The molecule has 0 bridgehead atoms. The molecule has 0 unspecified atom stereocenters. The molecular weight excluding hydrogens is 358 g/mol. The monoisotopic (exact) mass is 377 g/mol. The summed E-state index contributed by atoms with van der Waals surface area (Å²) in [6, 6.07) is 29.9. The minimum Gasteiger partial charge on any atom is -0.439 e. The quantitative estimate of drug-likeness (QED) is 0.259. The van der Waals surface area contributed by atoms with Crippen molar-refractivity contribution in [2.45, 2.75) is 11.8 Å². The third kappa shape index (κ3) is 5.83. The molecule has 0 aliphatic heterocycles. The summed E-state index contributed by atoms with van der Waals surface area (Å²) < 4.78 is 6.04. The van der Waals surface area contributed by atoms with E-state index in [1.807, 2.05) is 85.8 Å². The first-order valence-corrected chi connectivity index (χ1v) is 10.4. The third-order valence-corrected chi connectivity index (χ3v) is 5.56. The van der Waals surface area contributed by atoms with E-state index in [2.05, 4.69) is 22.5 Å². The van der Waals surface area contributed by atoms with Crippen molar-refractivity contribution >= 4 is 33.2 Å². The summed E-state index contributed by atoms with van der Waals surface area (Å²) >= 11 is 0. The zero-order valence-electron chi connectivity index (χ0n) is 14.4. The SMILES string of the molecule is C/C(=C\SSc1ccccc1)C(=Nc1ccccc1)Oc1ccccc1. The van der Waals surface area contributed by atoms with Gasteiger partial charge in [-0.15, -0.1) is 0 Å². The molecule has 130 valence electrons. The maximum atomic E-state index is 6.04. The minimum absolute atomic E-state index is 0.601. The molecule has 0 atom stereocenters. The summed E-state index contributed by atoms with van der Waals surface area (Å²) in [4.78, 5) is 5.90. The second kappa shape index (κ2) is 9.90.